The summed E-state index contributed by atoms with van der Waals surface area (Å²) in [7, 11) is 1.67. The second-order valence-electron chi connectivity index (χ2n) is 6.16. The minimum absolute atomic E-state index is 0.0645. The van der Waals surface area contributed by atoms with Crippen LogP contribution in [0.4, 0.5) is 15.8 Å². The number of fused-ring (bicyclic) bond motifs is 1. The van der Waals surface area contributed by atoms with E-state index in [0.29, 0.717) is 29.9 Å². The van der Waals surface area contributed by atoms with Gasteiger partial charge < -0.3 is 9.80 Å². The molecule has 0 atom stereocenters. The summed E-state index contributed by atoms with van der Waals surface area (Å²) in [5, 5.41) is 0. The van der Waals surface area contributed by atoms with Crippen LogP contribution in [0, 0.1) is 5.82 Å². The van der Waals surface area contributed by atoms with Gasteiger partial charge in [0.25, 0.3) is 5.91 Å². The highest BCUT2D eigenvalue weighted by Gasteiger charge is 2.27. The largest absolute Gasteiger partial charge is 0.315 e. The van der Waals surface area contributed by atoms with E-state index in [0.717, 1.165) is 18.4 Å². The van der Waals surface area contributed by atoms with Crippen molar-refractivity contribution in [2.75, 3.05) is 23.4 Å². The molecule has 130 valence electrons. The van der Waals surface area contributed by atoms with Crippen LogP contribution in [0.1, 0.15) is 35.7 Å². The molecule has 0 unspecified atom stereocenters. The zero-order valence-electron chi connectivity index (χ0n) is 14.5. The molecule has 0 saturated carbocycles. The van der Waals surface area contributed by atoms with Crippen LogP contribution in [-0.2, 0) is 11.2 Å². The Morgan fingerprint density at radius 2 is 1.96 bits per heavy atom. The average molecular weight is 340 g/mol. The van der Waals surface area contributed by atoms with Crippen molar-refractivity contribution >= 4 is 23.2 Å². The first-order valence-corrected chi connectivity index (χ1v) is 8.48. The molecule has 0 aromatic heterocycles. The number of anilines is 2. The first-order chi connectivity index (χ1) is 12.0. The van der Waals surface area contributed by atoms with Gasteiger partial charge in [0, 0.05) is 20.0 Å². The van der Waals surface area contributed by atoms with Crippen molar-refractivity contribution in [3.8, 4) is 0 Å². The Morgan fingerprint density at radius 3 is 2.72 bits per heavy atom. The lowest BCUT2D eigenvalue weighted by atomic mass is 10.00. The van der Waals surface area contributed by atoms with Gasteiger partial charge in [0.15, 0.2) is 0 Å². The fraction of sp³-hybridized carbons (Fsp3) is 0.300. The van der Waals surface area contributed by atoms with Crippen molar-refractivity contribution in [3.63, 3.8) is 0 Å². The number of rotatable bonds is 3. The highest BCUT2D eigenvalue weighted by Crippen LogP contribution is 2.31. The SMILES string of the molecule is CCC(=O)N(C)c1ccccc1C(=O)N1CCCc2ccc(F)cc21. The van der Waals surface area contributed by atoms with E-state index in [4.69, 9.17) is 0 Å². The summed E-state index contributed by atoms with van der Waals surface area (Å²) in [6, 6.07) is 11.6. The van der Waals surface area contributed by atoms with E-state index in [1.807, 2.05) is 0 Å². The van der Waals surface area contributed by atoms with Crippen LogP contribution >= 0.6 is 0 Å². The summed E-state index contributed by atoms with van der Waals surface area (Å²) in [5.74, 6) is -0.631. The van der Waals surface area contributed by atoms with Crippen LogP contribution < -0.4 is 9.80 Å². The molecule has 0 radical (unpaired) electrons. The number of hydrogen-bond acceptors (Lipinski definition) is 2. The quantitative estimate of drug-likeness (QED) is 0.853. The summed E-state index contributed by atoms with van der Waals surface area (Å²) in [4.78, 5) is 28.4. The average Bonchev–Trinajstić information content (AvgIpc) is 2.65. The van der Waals surface area contributed by atoms with E-state index < -0.39 is 0 Å². The van der Waals surface area contributed by atoms with Crippen molar-refractivity contribution in [2.24, 2.45) is 0 Å². The zero-order valence-corrected chi connectivity index (χ0v) is 14.5. The first-order valence-electron chi connectivity index (χ1n) is 8.48. The lowest BCUT2D eigenvalue weighted by Crippen LogP contribution is -2.37. The Balaban J connectivity index is 2.01. The molecule has 5 heteroatoms. The molecular weight excluding hydrogens is 319 g/mol. The zero-order chi connectivity index (χ0) is 18.0. The number of amides is 2. The Hall–Kier alpha value is -2.69. The van der Waals surface area contributed by atoms with Gasteiger partial charge in [0.1, 0.15) is 5.82 Å². The third-order valence-corrected chi connectivity index (χ3v) is 4.58. The molecule has 0 N–H and O–H groups in total. The summed E-state index contributed by atoms with van der Waals surface area (Å²) in [5.41, 5.74) is 2.61. The highest BCUT2D eigenvalue weighted by atomic mass is 19.1. The Labute approximate surface area is 146 Å². The lowest BCUT2D eigenvalue weighted by molar-refractivity contribution is -0.118. The molecule has 4 nitrogen and oxygen atoms in total. The third-order valence-electron chi connectivity index (χ3n) is 4.58. The fourth-order valence-electron chi connectivity index (χ4n) is 3.22. The number of hydrogen-bond donors (Lipinski definition) is 0. The molecule has 0 aliphatic carbocycles. The maximum absolute atomic E-state index is 13.7. The number of halogens is 1. The predicted molar refractivity (Wildman–Crippen MR) is 96.5 cm³/mol. The molecule has 0 bridgehead atoms. The normalized spacial score (nSPS) is 13.3. The molecule has 0 fully saturated rings. The first kappa shape index (κ1) is 17.1. The van der Waals surface area contributed by atoms with Gasteiger partial charge in [-0.3, -0.25) is 9.59 Å². The van der Waals surface area contributed by atoms with Crippen molar-refractivity contribution in [3.05, 3.63) is 59.4 Å². The van der Waals surface area contributed by atoms with E-state index >= 15 is 0 Å². The van der Waals surface area contributed by atoms with Crippen LogP contribution in [0.15, 0.2) is 42.5 Å². The van der Waals surface area contributed by atoms with Crippen LogP contribution in [-0.4, -0.2) is 25.4 Å². The smallest absolute Gasteiger partial charge is 0.260 e. The van der Waals surface area contributed by atoms with Gasteiger partial charge in [-0.25, -0.2) is 4.39 Å². The molecule has 2 amide bonds. The minimum Gasteiger partial charge on any atom is -0.315 e. The monoisotopic (exact) mass is 340 g/mol. The van der Waals surface area contributed by atoms with Crippen molar-refractivity contribution < 1.29 is 14.0 Å². The van der Waals surface area contributed by atoms with Gasteiger partial charge in [0.2, 0.25) is 5.91 Å². The van der Waals surface area contributed by atoms with Crippen LogP contribution in [0.2, 0.25) is 0 Å². The summed E-state index contributed by atoms with van der Waals surface area (Å²) >= 11 is 0. The summed E-state index contributed by atoms with van der Waals surface area (Å²) in [6.07, 6.45) is 2.02. The van der Waals surface area contributed by atoms with Gasteiger partial charge in [0.05, 0.1) is 16.9 Å². The predicted octanol–water partition coefficient (Wildman–Crippen LogP) is 3.79. The van der Waals surface area contributed by atoms with Crippen molar-refractivity contribution in [1.29, 1.82) is 0 Å². The van der Waals surface area contributed by atoms with E-state index in [9.17, 15) is 14.0 Å². The van der Waals surface area contributed by atoms with E-state index in [-0.39, 0.29) is 17.6 Å². The maximum atomic E-state index is 13.7. The highest BCUT2D eigenvalue weighted by molar-refractivity contribution is 6.12. The molecular formula is C20H21FN2O2. The van der Waals surface area contributed by atoms with Gasteiger partial charge >= 0.3 is 0 Å². The molecule has 25 heavy (non-hydrogen) atoms. The molecule has 2 aromatic rings. The number of para-hydroxylation sites is 1. The topological polar surface area (TPSA) is 40.6 Å². The Morgan fingerprint density at radius 1 is 1.20 bits per heavy atom. The molecule has 0 saturated heterocycles. The van der Waals surface area contributed by atoms with Gasteiger partial charge in [-0.1, -0.05) is 25.1 Å². The number of aryl methyl sites for hydroxylation is 1. The second-order valence-corrected chi connectivity index (χ2v) is 6.16. The van der Waals surface area contributed by atoms with Crippen molar-refractivity contribution in [2.45, 2.75) is 26.2 Å². The van der Waals surface area contributed by atoms with Crippen molar-refractivity contribution in [1.82, 2.24) is 0 Å². The summed E-state index contributed by atoms with van der Waals surface area (Å²) < 4.78 is 13.7. The molecule has 2 aromatic carbocycles. The maximum Gasteiger partial charge on any atom is 0.260 e. The molecule has 1 heterocycles. The van der Waals surface area contributed by atoms with Crippen LogP contribution in [0.5, 0.6) is 0 Å². The third kappa shape index (κ3) is 3.27. The molecule has 3 rings (SSSR count). The number of carbonyl (C=O) groups is 2. The minimum atomic E-state index is -0.356. The van der Waals surface area contributed by atoms with Gasteiger partial charge in [-0.05, 0) is 42.7 Å². The fourth-order valence-corrected chi connectivity index (χ4v) is 3.22. The number of carbonyl (C=O) groups excluding carboxylic acids is 2. The van der Waals surface area contributed by atoms with E-state index in [2.05, 4.69) is 0 Å². The molecule has 1 aliphatic heterocycles. The van der Waals surface area contributed by atoms with Gasteiger partial charge in [-0.15, -0.1) is 0 Å². The molecule has 1 aliphatic rings. The Kier molecular flexibility index (Phi) is 4.83. The second kappa shape index (κ2) is 7.05. The van der Waals surface area contributed by atoms with Crippen LogP contribution in [0.25, 0.3) is 0 Å². The van der Waals surface area contributed by atoms with Gasteiger partial charge in [-0.2, -0.15) is 0 Å². The number of benzene rings is 2. The standard InChI is InChI=1S/C20H21FN2O2/c1-3-19(24)22(2)17-9-5-4-8-16(17)20(25)23-12-6-7-14-10-11-15(21)13-18(14)23/h4-5,8-11,13H,3,6-7,12H2,1-2H3. The summed E-state index contributed by atoms with van der Waals surface area (Å²) in [6.45, 7) is 2.32. The molecule has 0 spiro atoms. The van der Waals surface area contributed by atoms with Crippen LogP contribution in [0.3, 0.4) is 0 Å². The van der Waals surface area contributed by atoms with E-state index in [1.54, 1.807) is 49.2 Å². The van der Waals surface area contributed by atoms with E-state index in [1.165, 1.54) is 17.0 Å². The lowest BCUT2D eigenvalue weighted by Gasteiger charge is -2.31. The Bertz CT molecular complexity index is 819. The number of nitrogens with zero attached hydrogens (tertiary/aromatic N) is 2.